The molecule has 0 N–H and O–H groups in total. The van der Waals surface area contributed by atoms with E-state index in [4.69, 9.17) is 4.74 Å². The topological polar surface area (TPSA) is 46.6 Å². The van der Waals surface area contributed by atoms with Crippen molar-refractivity contribution in [1.29, 1.82) is 0 Å². The van der Waals surface area contributed by atoms with Gasteiger partial charge >= 0.3 is 114 Å². The summed E-state index contributed by atoms with van der Waals surface area (Å²) in [6.45, 7) is 0. The summed E-state index contributed by atoms with van der Waals surface area (Å²) in [6.07, 6.45) is 0. The molecule has 2 aromatic rings. The first kappa shape index (κ1) is 12.1. The van der Waals surface area contributed by atoms with Gasteiger partial charge in [-0.25, -0.2) is 0 Å². The second kappa shape index (κ2) is 4.61. The second-order valence-corrected chi connectivity index (χ2v) is 6.78. The SMILES string of the molecule is COc1ccc(N2C(=O)c3ccccc3[Se]2=O)cc1. The zero-order valence-electron chi connectivity index (χ0n) is 10.2. The van der Waals surface area contributed by atoms with Crippen molar-refractivity contribution in [3.8, 4) is 5.75 Å². The minimum absolute atomic E-state index is 0.194. The number of hydrogen-bond donors (Lipinski definition) is 0. The molecule has 3 rings (SSSR count). The third-order valence-corrected chi connectivity index (χ3v) is 5.99. The number of carbonyl (C=O) groups excluding carboxylic acids is 1. The van der Waals surface area contributed by atoms with Gasteiger partial charge in [0.1, 0.15) is 0 Å². The molecule has 0 saturated carbocycles. The standard InChI is InChI=1S/C14H11NO3Se/c1-18-11-8-6-10(7-9-11)15-14(16)12-4-2-3-5-13(12)19(15)17/h2-9H,1H3. The van der Waals surface area contributed by atoms with Crippen LogP contribution >= 0.6 is 0 Å². The average Bonchev–Trinajstić information content (AvgIpc) is 2.72. The third kappa shape index (κ3) is 1.87. The van der Waals surface area contributed by atoms with Gasteiger partial charge in [0, 0.05) is 0 Å². The molecule has 1 aliphatic heterocycles. The molecule has 1 aliphatic rings. The van der Waals surface area contributed by atoms with Crippen LogP contribution in [0.5, 0.6) is 5.75 Å². The summed E-state index contributed by atoms with van der Waals surface area (Å²) in [5.41, 5.74) is 1.18. The molecular formula is C14H11NO3Se. The van der Waals surface area contributed by atoms with Crippen LogP contribution in [-0.2, 0) is 3.83 Å². The number of nitrogens with zero attached hydrogens (tertiary/aromatic N) is 1. The summed E-state index contributed by atoms with van der Waals surface area (Å²) >= 11 is -2.53. The van der Waals surface area contributed by atoms with Gasteiger partial charge in [0.25, 0.3) is 0 Å². The molecule has 5 heteroatoms. The molecule has 0 bridgehead atoms. The van der Waals surface area contributed by atoms with Gasteiger partial charge in [0.05, 0.1) is 0 Å². The molecule has 96 valence electrons. The predicted molar refractivity (Wildman–Crippen MR) is 72.3 cm³/mol. The van der Waals surface area contributed by atoms with Crippen LogP contribution in [0, 0.1) is 0 Å². The van der Waals surface area contributed by atoms with Crippen LogP contribution in [0.25, 0.3) is 0 Å². The number of amides is 1. The Morgan fingerprint density at radius 1 is 1.05 bits per heavy atom. The molecule has 0 aliphatic carbocycles. The Bertz CT molecular complexity index is 632. The van der Waals surface area contributed by atoms with Crippen molar-refractivity contribution in [1.82, 2.24) is 0 Å². The first-order valence-electron chi connectivity index (χ1n) is 5.72. The van der Waals surface area contributed by atoms with Crippen LogP contribution in [0.2, 0.25) is 0 Å². The van der Waals surface area contributed by atoms with E-state index in [0.29, 0.717) is 21.5 Å². The van der Waals surface area contributed by atoms with Gasteiger partial charge in [-0.3, -0.25) is 0 Å². The van der Waals surface area contributed by atoms with E-state index in [0.717, 1.165) is 0 Å². The van der Waals surface area contributed by atoms with E-state index in [1.807, 2.05) is 0 Å². The zero-order valence-corrected chi connectivity index (χ0v) is 11.9. The number of anilines is 1. The zero-order chi connectivity index (χ0) is 13.4. The first-order chi connectivity index (χ1) is 9.22. The van der Waals surface area contributed by atoms with Crippen molar-refractivity contribution in [2.45, 2.75) is 0 Å². The number of fused-ring (bicyclic) bond motifs is 1. The maximum atomic E-state index is 12.4. The number of hydrogen-bond acceptors (Lipinski definition) is 3. The van der Waals surface area contributed by atoms with Gasteiger partial charge in [-0.05, 0) is 0 Å². The molecule has 0 saturated heterocycles. The molecule has 4 nitrogen and oxygen atoms in total. The van der Waals surface area contributed by atoms with Crippen LogP contribution < -0.4 is 13.1 Å². The molecule has 0 aromatic heterocycles. The van der Waals surface area contributed by atoms with E-state index in [1.165, 1.54) is 3.92 Å². The van der Waals surface area contributed by atoms with Crippen LogP contribution in [0.4, 0.5) is 5.69 Å². The van der Waals surface area contributed by atoms with Gasteiger partial charge in [-0.1, -0.05) is 0 Å². The van der Waals surface area contributed by atoms with Gasteiger partial charge in [0.2, 0.25) is 0 Å². The van der Waals surface area contributed by atoms with Crippen molar-refractivity contribution in [2.24, 2.45) is 0 Å². The maximum absolute atomic E-state index is 12.4. The first-order valence-corrected chi connectivity index (χ1v) is 8.04. The number of methoxy groups -OCH3 is 1. The van der Waals surface area contributed by atoms with E-state index < -0.39 is 14.1 Å². The number of benzene rings is 2. The Hall–Kier alpha value is -1.97. The molecular weight excluding hydrogens is 309 g/mol. The van der Waals surface area contributed by atoms with Crippen molar-refractivity contribution in [2.75, 3.05) is 11.0 Å². The Kier molecular flexibility index (Phi) is 2.93. The van der Waals surface area contributed by atoms with Crippen LogP contribution in [0.3, 0.4) is 0 Å². The van der Waals surface area contributed by atoms with Crippen LogP contribution in [0.1, 0.15) is 10.4 Å². The van der Waals surface area contributed by atoms with Gasteiger partial charge in [-0.2, -0.15) is 0 Å². The monoisotopic (exact) mass is 321 g/mol. The normalized spacial score (nSPS) is 17.4. The summed E-state index contributed by atoms with van der Waals surface area (Å²) in [5.74, 6) is 0.510. The van der Waals surface area contributed by atoms with E-state index in [9.17, 15) is 8.63 Å². The van der Waals surface area contributed by atoms with Crippen molar-refractivity contribution < 1.29 is 13.4 Å². The fraction of sp³-hybridized carbons (Fsp3) is 0.0714. The molecule has 0 radical (unpaired) electrons. The summed E-state index contributed by atoms with van der Waals surface area (Å²) in [5, 5.41) is 0. The fourth-order valence-corrected chi connectivity index (χ4v) is 4.73. The third-order valence-electron chi connectivity index (χ3n) is 2.96. The fourth-order valence-electron chi connectivity index (χ4n) is 2.01. The summed E-state index contributed by atoms with van der Waals surface area (Å²) in [6, 6.07) is 14.1. The number of ether oxygens (including phenoxy) is 1. The molecule has 1 unspecified atom stereocenters. The number of carbonyl (C=O) groups is 1. The van der Waals surface area contributed by atoms with Gasteiger partial charge in [-0.15, -0.1) is 0 Å². The quantitative estimate of drug-likeness (QED) is 0.788. The molecule has 1 atom stereocenters. The predicted octanol–water partition coefficient (Wildman–Crippen LogP) is 1.48. The van der Waals surface area contributed by atoms with Gasteiger partial charge in [0.15, 0.2) is 0 Å². The second-order valence-electron chi connectivity index (χ2n) is 4.04. The van der Waals surface area contributed by atoms with Crippen molar-refractivity contribution in [3.63, 3.8) is 0 Å². The van der Waals surface area contributed by atoms with Crippen LogP contribution in [-0.4, -0.2) is 27.1 Å². The summed E-state index contributed by atoms with van der Waals surface area (Å²) < 4.78 is 19.6. The van der Waals surface area contributed by atoms with Crippen molar-refractivity contribution in [3.05, 3.63) is 54.1 Å². The van der Waals surface area contributed by atoms with Gasteiger partial charge < -0.3 is 0 Å². The Labute approximate surface area is 114 Å². The number of rotatable bonds is 2. The average molecular weight is 320 g/mol. The van der Waals surface area contributed by atoms with E-state index in [2.05, 4.69) is 0 Å². The summed E-state index contributed by atoms with van der Waals surface area (Å²) in [4.78, 5) is 12.3. The summed E-state index contributed by atoms with van der Waals surface area (Å²) in [7, 11) is 1.58. The molecule has 0 fully saturated rings. The Morgan fingerprint density at radius 3 is 2.37 bits per heavy atom. The van der Waals surface area contributed by atoms with Crippen molar-refractivity contribution >= 4 is 30.1 Å². The molecule has 1 heterocycles. The van der Waals surface area contributed by atoms with E-state index in [1.54, 1.807) is 55.6 Å². The van der Waals surface area contributed by atoms with Crippen LogP contribution in [0.15, 0.2) is 48.5 Å². The minimum atomic E-state index is -2.53. The van der Waals surface area contributed by atoms with E-state index in [-0.39, 0.29) is 5.91 Å². The molecule has 1 amide bonds. The Balaban J connectivity index is 2.03. The van der Waals surface area contributed by atoms with E-state index >= 15 is 0 Å². The molecule has 0 spiro atoms. The molecule has 19 heavy (non-hydrogen) atoms. The molecule has 2 aromatic carbocycles. The Morgan fingerprint density at radius 2 is 1.74 bits per heavy atom.